The van der Waals surface area contributed by atoms with Crippen molar-refractivity contribution >= 4 is 38.6 Å². The number of likely N-dealkylation sites (N-methyl/N-ethyl adjacent to an activating group) is 1. The molecule has 4 aromatic rings. The smallest absolute Gasteiger partial charge is 0.210 e. The molecular formula is C37H39N2+. The van der Waals surface area contributed by atoms with Gasteiger partial charge in [0, 0.05) is 41.6 Å². The Kier molecular flexibility index (Phi) is 5.73. The molecule has 2 aliphatic rings. The lowest BCUT2D eigenvalue weighted by Gasteiger charge is -2.24. The van der Waals surface area contributed by atoms with Gasteiger partial charge >= 0.3 is 0 Å². The molecule has 0 spiro atoms. The number of hydrogen-bond donors (Lipinski definition) is 0. The van der Waals surface area contributed by atoms with E-state index in [1.54, 1.807) is 0 Å². The fraction of sp³-hybridized carbons (Fsp3) is 0.270. The van der Waals surface area contributed by atoms with Crippen LogP contribution in [0.5, 0.6) is 0 Å². The summed E-state index contributed by atoms with van der Waals surface area (Å²) in [6, 6.07) is 22.7. The van der Waals surface area contributed by atoms with Crippen molar-refractivity contribution in [3.05, 3.63) is 119 Å². The van der Waals surface area contributed by atoms with Crippen LogP contribution in [0.2, 0.25) is 0 Å². The van der Waals surface area contributed by atoms with Crippen molar-refractivity contribution in [3.63, 3.8) is 0 Å². The number of benzene rings is 4. The predicted octanol–water partition coefficient (Wildman–Crippen LogP) is 9.04. The van der Waals surface area contributed by atoms with Crippen LogP contribution in [0.15, 0.2) is 96.7 Å². The highest BCUT2D eigenvalue weighted by atomic mass is 15.2. The summed E-state index contributed by atoms with van der Waals surface area (Å²) in [5.74, 6) is 0. The van der Waals surface area contributed by atoms with Crippen molar-refractivity contribution in [1.82, 2.24) is 0 Å². The van der Waals surface area contributed by atoms with E-state index in [1.165, 1.54) is 66.6 Å². The van der Waals surface area contributed by atoms with Gasteiger partial charge in [0.1, 0.15) is 7.05 Å². The average Bonchev–Trinajstić information content (AvgIpc) is 3.21. The topological polar surface area (TPSA) is 6.25 Å². The van der Waals surface area contributed by atoms with Gasteiger partial charge in [-0.05, 0) is 73.0 Å². The highest BCUT2D eigenvalue weighted by Gasteiger charge is 2.44. The minimum absolute atomic E-state index is 0.0730. The Balaban J connectivity index is 1.30. The largest absolute Gasteiger partial charge is 0.347 e. The minimum Gasteiger partial charge on any atom is -0.347 e. The third kappa shape index (κ3) is 3.80. The molecule has 2 nitrogen and oxygen atoms in total. The van der Waals surface area contributed by atoms with Crippen LogP contribution in [0.3, 0.4) is 0 Å². The van der Waals surface area contributed by atoms with Gasteiger partial charge in [-0.2, -0.15) is 4.58 Å². The number of aryl methyl sites for hydroxylation is 2. The number of nitrogens with zero attached hydrogens (tertiary/aromatic N) is 2. The summed E-state index contributed by atoms with van der Waals surface area (Å²) in [6.07, 6.45) is 11.1. The zero-order chi connectivity index (χ0) is 27.7. The second-order valence-electron chi connectivity index (χ2n) is 12.4. The summed E-state index contributed by atoms with van der Waals surface area (Å²) in [5, 5.41) is 5.35. The molecule has 2 aliphatic heterocycles. The summed E-state index contributed by atoms with van der Waals surface area (Å²) >= 11 is 0. The molecular weight excluding hydrogens is 472 g/mol. The Morgan fingerprint density at radius 2 is 1.31 bits per heavy atom. The normalized spacial score (nSPS) is 18.9. The van der Waals surface area contributed by atoms with E-state index in [1.807, 2.05) is 0 Å². The monoisotopic (exact) mass is 511 g/mol. The van der Waals surface area contributed by atoms with Crippen LogP contribution in [0.1, 0.15) is 49.9 Å². The molecule has 0 saturated heterocycles. The van der Waals surface area contributed by atoms with Crippen molar-refractivity contribution in [2.24, 2.45) is 0 Å². The summed E-state index contributed by atoms with van der Waals surface area (Å²) in [7, 11) is 4.38. The Morgan fingerprint density at radius 3 is 1.97 bits per heavy atom. The fourth-order valence-electron chi connectivity index (χ4n) is 7.10. The molecule has 0 amide bonds. The van der Waals surface area contributed by atoms with E-state index >= 15 is 0 Å². The summed E-state index contributed by atoms with van der Waals surface area (Å²) < 4.78 is 2.36. The lowest BCUT2D eigenvalue weighted by Crippen LogP contribution is -2.26. The van der Waals surface area contributed by atoms with E-state index in [4.69, 9.17) is 0 Å². The highest BCUT2D eigenvalue weighted by Crippen LogP contribution is 2.50. The lowest BCUT2D eigenvalue weighted by atomic mass is 9.79. The van der Waals surface area contributed by atoms with Crippen molar-refractivity contribution in [1.29, 1.82) is 0 Å². The van der Waals surface area contributed by atoms with Gasteiger partial charge in [0.2, 0.25) is 5.69 Å². The maximum absolute atomic E-state index is 2.36. The van der Waals surface area contributed by atoms with Crippen molar-refractivity contribution in [2.75, 3.05) is 19.0 Å². The molecule has 0 bridgehead atoms. The molecule has 4 aromatic carbocycles. The predicted molar refractivity (Wildman–Crippen MR) is 169 cm³/mol. The van der Waals surface area contributed by atoms with Gasteiger partial charge in [-0.3, -0.25) is 0 Å². The second-order valence-corrected chi connectivity index (χ2v) is 12.4. The van der Waals surface area contributed by atoms with Crippen LogP contribution in [-0.2, 0) is 10.8 Å². The van der Waals surface area contributed by atoms with Gasteiger partial charge in [-0.25, -0.2) is 0 Å². The molecule has 2 heterocycles. The van der Waals surface area contributed by atoms with Crippen LogP contribution in [0.4, 0.5) is 11.4 Å². The van der Waals surface area contributed by atoms with Crippen LogP contribution in [0, 0.1) is 13.8 Å². The molecule has 0 aromatic heterocycles. The number of allylic oxidation sites excluding steroid dienone is 6. The van der Waals surface area contributed by atoms with E-state index in [-0.39, 0.29) is 10.8 Å². The lowest BCUT2D eigenvalue weighted by molar-refractivity contribution is -0.401. The molecule has 196 valence electrons. The number of fused-ring (bicyclic) bond motifs is 6. The Morgan fingerprint density at radius 1 is 0.692 bits per heavy atom. The molecule has 2 heteroatoms. The number of anilines is 1. The van der Waals surface area contributed by atoms with E-state index in [9.17, 15) is 0 Å². The third-order valence-electron chi connectivity index (χ3n) is 9.01. The van der Waals surface area contributed by atoms with Gasteiger partial charge in [-0.1, -0.05) is 85.7 Å². The van der Waals surface area contributed by atoms with Crippen molar-refractivity contribution in [2.45, 2.75) is 52.4 Å². The Bertz CT molecular complexity index is 1790. The molecule has 0 fully saturated rings. The first-order valence-electron chi connectivity index (χ1n) is 14.0. The molecule has 0 unspecified atom stereocenters. The maximum Gasteiger partial charge on any atom is 0.210 e. The first-order chi connectivity index (χ1) is 18.5. The van der Waals surface area contributed by atoms with Crippen molar-refractivity contribution in [3.8, 4) is 0 Å². The van der Waals surface area contributed by atoms with Crippen LogP contribution < -0.4 is 4.90 Å². The molecule has 0 N–H and O–H groups in total. The molecule has 0 saturated carbocycles. The van der Waals surface area contributed by atoms with Gasteiger partial charge in [0.25, 0.3) is 0 Å². The minimum atomic E-state index is -0.0730. The first-order valence-corrected chi connectivity index (χ1v) is 14.0. The van der Waals surface area contributed by atoms with Crippen LogP contribution in [0.25, 0.3) is 21.5 Å². The quantitative estimate of drug-likeness (QED) is 0.196. The van der Waals surface area contributed by atoms with E-state index < -0.39 is 0 Å². The zero-order valence-corrected chi connectivity index (χ0v) is 24.6. The molecule has 0 aliphatic carbocycles. The van der Waals surface area contributed by atoms with E-state index in [0.717, 1.165) is 0 Å². The summed E-state index contributed by atoms with van der Waals surface area (Å²) in [6.45, 7) is 13.7. The van der Waals surface area contributed by atoms with E-state index in [0.29, 0.717) is 0 Å². The number of rotatable bonds is 3. The third-order valence-corrected chi connectivity index (χ3v) is 9.01. The highest BCUT2D eigenvalue weighted by molar-refractivity contribution is 6.07. The maximum atomic E-state index is 2.36. The Labute approximate surface area is 233 Å². The van der Waals surface area contributed by atoms with E-state index in [2.05, 4.69) is 156 Å². The average molecular weight is 512 g/mol. The van der Waals surface area contributed by atoms with Gasteiger partial charge in [0.15, 0.2) is 5.71 Å². The molecule has 0 radical (unpaired) electrons. The Hall–Kier alpha value is -3.91. The second kappa shape index (κ2) is 8.81. The molecule has 6 rings (SSSR count). The van der Waals surface area contributed by atoms with Crippen molar-refractivity contribution < 1.29 is 4.58 Å². The zero-order valence-electron chi connectivity index (χ0n) is 24.6. The molecule has 39 heavy (non-hydrogen) atoms. The molecule has 0 atom stereocenters. The van der Waals surface area contributed by atoms with Crippen LogP contribution in [-0.4, -0.2) is 24.4 Å². The van der Waals surface area contributed by atoms with Crippen LogP contribution >= 0.6 is 0 Å². The standard InChI is InChI=1S/C37H39N2/c1-24-14-18-28-26(22-24)16-20-30-34(28)36(3,4)32(38(30)7)12-10-9-11-13-33-37(5,6)35-29-19-15-25(2)23-27(29)17-21-31(35)39(33)8/h9-23H,1-8H3/q+1. The number of hydrogen-bond acceptors (Lipinski definition) is 1. The fourth-order valence-corrected chi connectivity index (χ4v) is 7.10. The summed E-state index contributed by atoms with van der Waals surface area (Å²) in [4.78, 5) is 2.36. The SMILES string of the molecule is Cc1ccc2c3c(ccc2c1)N(C)C(=CC=CC=CC1=[N+](C)c2ccc4cc(C)ccc4c2C1(C)C)C3(C)C. The van der Waals surface area contributed by atoms with Gasteiger partial charge in [-0.15, -0.1) is 0 Å². The summed E-state index contributed by atoms with van der Waals surface area (Å²) in [5.41, 5.74) is 10.5. The first kappa shape index (κ1) is 25.4. The van der Waals surface area contributed by atoms with Gasteiger partial charge in [0.05, 0.1) is 5.41 Å². The van der Waals surface area contributed by atoms with Gasteiger partial charge < -0.3 is 4.90 Å².